The molecule has 0 saturated carbocycles. The Morgan fingerprint density at radius 1 is 0.976 bits per heavy atom. The zero-order chi connectivity index (χ0) is 28.6. The summed E-state index contributed by atoms with van der Waals surface area (Å²) in [7, 11) is 0. The molecule has 2 N–H and O–H groups in total. The highest BCUT2D eigenvalue weighted by Crippen LogP contribution is 2.56. The average molecular weight is 548 g/mol. The van der Waals surface area contributed by atoms with E-state index in [1.165, 1.54) is 11.8 Å². The van der Waals surface area contributed by atoms with E-state index in [1.807, 2.05) is 36.4 Å². The maximum absolute atomic E-state index is 14.5. The summed E-state index contributed by atoms with van der Waals surface area (Å²) in [6.07, 6.45) is 0.664. The summed E-state index contributed by atoms with van der Waals surface area (Å²) in [5.74, 6) is -1.59. The molecule has 3 aliphatic heterocycles. The normalized spacial score (nSPS) is 24.3. The zero-order valence-corrected chi connectivity index (χ0v) is 22.9. The molecule has 2 fully saturated rings. The van der Waals surface area contributed by atoms with Crippen molar-refractivity contribution in [3.8, 4) is 5.69 Å². The van der Waals surface area contributed by atoms with Gasteiger partial charge < -0.3 is 5.32 Å². The minimum absolute atomic E-state index is 0.206. The third-order valence-electron chi connectivity index (χ3n) is 8.53. The number of anilines is 2. The second-order valence-corrected chi connectivity index (χ2v) is 11.5. The van der Waals surface area contributed by atoms with Crippen molar-refractivity contribution < 1.29 is 14.4 Å². The van der Waals surface area contributed by atoms with Crippen molar-refractivity contribution in [1.82, 2.24) is 14.9 Å². The molecule has 4 heterocycles. The number of para-hydroxylation sites is 2. The molecular weight excluding hydrogens is 518 g/mol. The van der Waals surface area contributed by atoms with E-state index in [1.54, 1.807) is 41.0 Å². The molecule has 0 unspecified atom stereocenters. The number of hydrogen-bond acceptors (Lipinski definition) is 6. The van der Waals surface area contributed by atoms with Crippen LogP contribution in [0, 0.1) is 17.8 Å². The molecule has 0 radical (unpaired) electrons. The molecule has 3 amide bonds. The summed E-state index contributed by atoms with van der Waals surface area (Å²) in [5, 5.41) is 6.94. The first kappa shape index (κ1) is 25.3. The van der Waals surface area contributed by atoms with E-state index in [0.717, 1.165) is 5.56 Å². The van der Waals surface area contributed by atoms with Gasteiger partial charge in [0.1, 0.15) is 11.4 Å². The van der Waals surface area contributed by atoms with Gasteiger partial charge in [-0.2, -0.15) is 0 Å². The third-order valence-corrected chi connectivity index (χ3v) is 8.53. The van der Waals surface area contributed by atoms with Crippen molar-refractivity contribution in [2.24, 2.45) is 17.8 Å². The quantitative estimate of drug-likeness (QED) is 0.377. The number of imide groups is 1. The average Bonchev–Trinajstić information content (AvgIpc) is 3.52. The highest BCUT2D eigenvalue weighted by atomic mass is 16.2. The van der Waals surface area contributed by atoms with E-state index in [-0.39, 0.29) is 35.2 Å². The fourth-order valence-corrected chi connectivity index (χ4v) is 7.08. The predicted octanol–water partition coefficient (Wildman–Crippen LogP) is 3.72. The lowest BCUT2D eigenvalue weighted by molar-refractivity contribution is -0.123. The van der Waals surface area contributed by atoms with Crippen molar-refractivity contribution in [3.63, 3.8) is 0 Å². The van der Waals surface area contributed by atoms with E-state index in [2.05, 4.69) is 24.5 Å². The number of carbonyl (C=O) groups excluding carboxylic acids is 3. The van der Waals surface area contributed by atoms with Crippen LogP contribution in [-0.4, -0.2) is 33.3 Å². The predicted molar refractivity (Wildman–Crippen MR) is 155 cm³/mol. The molecule has 7 rings (SSSR count). The maximum Gasteiger partial charge on any atom is 0.266 e. The topological polar surface area (TPSA) is 113 Å². The molecule has 9 nitrogen and oxygen atoms in total. The summed E-state index contributed by atoms with van der Waals surface area (Å²) >= 11 is 0. The van der Waals surface area contributed by atoms with Crippen LogP contribution >= 0.6 is 0 Å². The van der Waals surface area contributed by atoms with Crippen LogP contribution in [-0.2, 0) is 19.9 Å². The molecule has 3 aliphatic rings. The van der Waals surface area contributed by atoms with Crippen molar-refractivity contribution in [2.75, 3.05) is 10.2 Å². The maximum atomic E-state index is 14.5. The lowest BCUT2D eigenvalue weighted by Crippen LogP contribution is -2.50. The fourth-order valence-electron chi connectivity index (χ4n) is 7.08. The number of rotatable bonds is 4. The first-order valence-corrected chi connectivity index (χ1v) is 13.9. The second kappa shape index (κ2) is 8.94. The second-order valence-electron chi connectivity index (χ2n) is 11.5. The summed E-state index contributed by atoms with van der Waals surface area (Å²) in [4.78, 5) is 60.4. The van der Waals surface area contributed by atoms with Gasteiger partial charge in [-0.25, -0.2) is 9.88 Å². The lowest BCUT2D eigenvalue weighted by atomic mass is 9.75. The van der Waals surface area contributed by atoms with E-state index >= 15 is 0 Å². The van der Waals surface area contributed by atoms with Crippen molar-refractivity contribution in [2.45, 2.75) is 38.8 Å². The lowest BCUT2D eigenvalue weighted by Gasteiger charge is -2.32. The Kier molecular flexibility index (Phi) is 5.53. The molecule has 2 saturated heterocycles. The first-order valence-electron chi connectivity index (χ1n) is 13.9. The Hall–Kier alpha value is -4.63. The van der Waals surface area contributed by atoms with Crippen LogP contribution in [0.4, 0.5) is 11.4 Å². The van der Waals surface area contributed by atoms with Gasteiger partial charge in [0, 0.05) is 24.2 Å². The van der Waals surface area contributed by atoms with Gasteiger partial charge in [-0.3, -0.25) is 29.1 Å². The highest BCUT2D eigenvalue weighted by molar-refractivity contribution is 6.23. The zero-order valence-electron chi connectivity index (χ0n) is 22.9. The summed E-state index contributed by atoms with van der Waals surface area (Å²) in [6.45, 7) is 5.60. The smallest absolute Gasteiger partial charge is 0.266 e. The van der Waals surface area contributed by atoms with Gasteiger partial charge in [0.05, 0.1) is 34.1 Å². The van der Waals surface area contributed by atoms with Gasteiger partial charge in [-0.1, -0.05) is 44.2 Å². The number of hydrogen-bond donors (Lipinski definition) is 2. The van der Waals surface area contributed by atoms with Gasteiger partial charge in [0.2, 0.25) is 17.7 Å². The van der Waals surface area contributed by atoms with Gasteiger partial charge in [-0.05, 0) is 54.8 Å². The fraction of sp³-hybridized carbons (Fsp3) is 0.281. The molecule has 9 heteroatoms. The Labute approximate surface area is 236 Å². The van der Waals surface area contributed by atoms with Crippen molar-refractivity contribution in [1.29, 1.82) is 0 Å². The van der Waals surface area contributed by atoms with Gasteiger partial charge in [-0.15, -0.1) is 0 Å². The molecule has 1 spiro atoms. The SMILES string of the molecule is CC(=O)Nc1ccc(N2C(=O)[C@H]3[C@@H](CC(C)C)N[C@@]4(c5ccccc5-n5c4nc4ccccc4c5=O)[C@H]3C2=O)cc1. The third kappa shape index (κ3) is 3.48. The van der Waals surface area contributed by atoms with Crippen LogP contribution in [0.3, 0.4) is 0 Å². The van der Waals surface area contributed by atoms with Crippen LogP contribution in [0.15, 0.2) is 77.6 Å². The number of nitrogens with zero attached hydrogens (tertiary/aromatic N) is 3. The van der Waals surface area contributed by atoms with Gasteiger partial charge in [0.15, 0.2) is 0 Å². The van der Waals surface area contributed by atoms with Gasteiger partial charge in [0.25, 0.3) is 5.56 Å². The Morgan fingerprint density at radius 3 is 2.41 bits per heavy atom. The minimum Gasteiger partial charge on any atom is -0.326 e. The largest absolute Gasteiger partial charge is 0.326 e. The Balaban J connectivity index is 1.45. The molecule has 0 bridgehead atoms. The van der Waals surface area contributed by atoms with Crippen LogP contribution in [0.1, 0.15) is 38.6 Å². The van der Waals surface area contributed by atoms with Crippen molar-refractivity contribution >= 4 is 40.0 Å². The highest BCUT2D eigenvalue weighted by Gasteiger charge is 2.69. The first-order chi connectivity index (χ1) is 19.7. The summed E-state index contributed by atoms with van der Waals surface area (Å²) in [6, 6.07) is 21.2. The Bertz CT molecular complexity index is 1830. The monoisotopic (exact) mass is 547 g/mol. The number of fused-ring (bicyclic) bond motifs is 8. The molecule has 4 atom stereocenters. The molecular formula is C32H29N5O4. The van der Waals surface area contributed by atoms with E-state index < -0.39 is 17.4 Å². The molecule has 4 aromatic rings. The molecule has 0 aliphatic carbocycles. The van der Waals surface area contributed by atoms with E-state index in [4.69, 9.17) is 4.98 Å². The molecule has 206 valence electrons. The standard InChI is InChI=1S/C32H29N5O4/c1-17(2)16-24-26-27(30(41)36(29(26)40)20-14-12-19(13-15-20)33-18(3)38)32(35-24)22-9-5-7-11-25(22)37-28(39)21-8-4-6-10-23(21)34-31(32)37/h4-15,17,24,26-27,35H,16H2,1-3H3,(H,33,38)/t24-,26+,27-,32+/m1/s1. The molecule has 1 aromatic heterocycles. The Morgan fingerprint density at radius 2 is 1.68 bits per heavy atom. The van der Waals surface area contributed by atoms with Crippen LogP contribution in [0.5, 0.6) is 0 Å². The number of amides is 3. The summed E-state index contributed by atoms with van der Waals surface area (Å²) < 4.78 is 1.61. The summed E-state index contributed by atoms with van der Waals surface area (Å²) in [5.41, 5.74) is 1.63. The minimum atomic E-state index is -1.17. The van der Waals surface area contributed by atoms with E-state index in [0.29, 0.717) is 40.2 Å². The molecule has 3 aromatic carbocycles. The number of benzene rings is 3. The van der Waals surface area contributed by atoms with Gasteiger partial charge >= 0.3 is 0 Å². The van der Waals surface area contributed by atoms with Crippen LogP contribution in [0.2, 0.25) is 0 Å². The van der Waals surface area contributed by atoms with Crippen LogP contribution < -0.4 is 21.1 Å². The number of carbonyl (C=O) groups is 3. The number of nitrogens with one attached hydrogen (secondary N) is 2. The van der Waals surface area contributed by atoms with E-state index in [9.17, 15) is 19.2 Å². The number of aromatic nitrogens is 2. The van der Waals surface area contributed by atoms with Crippen molar-refractivity contribution in [3.05, 3.63) is 94.5 Å². The molecule has 41 heavy (non-hydrogen) atoms. The van der Waals surface area contributed by atoms with Crippen LogP contribution in [0.25, 0.3) is 16.6 Å².